The van der Waals surface area contributed by atoms with Crippen molar-refractivity contribution in [2.45, 2.75) is 53.4 Å². The number of ether oxygens (including phenoxy) is 1. The average Bonchev–Trinajstić information content (AvgIpc) is 2.66. The minimum atomic E-state index is -0.142. The summed E-state index contributed by atoms with van der Waals surface area (Å²) in [6.45, 7) is 9.17. The number of methoxy groups -OCH3 is 1. The van der Waals surface area contributed by atoms with Crippen molar-refractivity contribution in [2.24, 2.45) is 0 Å². The number of aromatic nitrogens is 2. The standard InChI is InChI=1S/C16H21N3O2.C4H10/c1-4-10-17-14-12(5-2)18-15(19-16(14)20)11-8-6-7-9-13(11)21-3;1-3-4-2/h6-9,17H,4-5,10H2,1-3H3,(H,18,19,20);3-4H2,1-2H3. The molecule has 25 heavy (non-hydrogen) atoms. The van der Waals surface area contributed by atoms with E-state index in [1.165, 1.54) is 12.8 Å². The lowest BCUT2D eigenvalue weighted by molar-refractivity contribution is 0.416. The van der Waals surface area contributed by atoms with E-state index >= 15 is 0 Å². The van der Waals surface area contributed by atoms with Crippen LogP contribution in [0.3, 0.4) is 0 Å². The van der Waals surface area contributed by atoms with E-state index in [-0.39, 0.29) is 5.56 Å². The molecule has 0 amide bonds. The second-order valence-electron chi connectivity index (χ2n) is 5.72. The van der Waals surface area contributed by atoms with Crippen molar-refractivity contribution >= 4 is 5.69 Å². The predicted octanol–water partition coefficient (Wildman–Crippen LogP) is 4.64. The van der Waals surface area contributed by atoms with Gasteiger partial charge in [-0.15, -0.1) is 0 Å². The molecule has 0 fully saturated rings. The summed E-state index contributed by atoms with van der Waals surface area (Å²) in [6.07, 6.45) is 4.29. The third kappa shape index (κ3) is 5.93. The molecule has 0 bridgehead atoms. The zero-order valence-electron chi connectivity index (χ0n) is 16.1. The minimum Gasteiger partial charge on any atom is -0.496 e. The van der Waals surface area contributed by atoms with E-state index in [0.717, 1.165) is 24.2 Å². The van der Waals surface area contributed by atoms with Gasteiger partial charge in [0.05, 0.1) is 18.4 Å². The van der Waals surface area contributed by atoms with Crippen LogP contribution in [0.1, 0.15) is 52.7 Å². The molecule has 0 spiro atoms. The molecule has 5 heteroatoms. The van der Waals surface area contributed by atoms with Gasteiger partial charge in [0.2, 0.25) is 0 Å². The molecule has 0 saturated carbocycles. The maximum absolute atomic E-state index is 12.3. The van der Waals surface area contributed by atoms with Crippen LogP contribution in [-0.2, 0) is 6.42 Å². The molecule has 1 aromatic carbocycles. The SMILES string of the molecule is CCCC.CCCNc1c(CC)nc(-c2ccccc2OC)[nH]c1=O. The summed E-state index contributed by atoms with van der Waals surface area (Å²) in [5.74, 6) is 1.23. The summed E-state index contributed by atoms with van der Waals surface area (Å²) in [6, 6.07) is 7.52. The number of nitrogens with one attached hydrogen (secondary N) is 2. The Morgan fingerprint density at radius 2 is 1.76 bits per heavy atom. The Bertz CT molecular complexity index is 694. The van der Waals surface area contributed by atoms with Crippen LogP contribution >= 0.6 is 0 Å². The number of aryl methyl sites for hydroxylation is 1. The maximum Gasteiger partial charge on any atom is 0.274 e. The normalized spacial score (nSPS) is 9.96. The van der Waals surface area contributed by atoms with Gasteiger partial charge in [0, 0.05) is 6.54 Å². The van der Waals surface area contributed by atoms with Crippen LogP contribution in [0.2, 0.25) is 0 Å². The Morgan fingerprint density at radius 3 is 2.32 bits per heavy atom. The molecule has 1 aromatic heterocycles. The fourth-order valence-corrected chi connectivity index (χ4v) is 2.18. The molecule has 0 aliphatic heterocycles. The molecule has 5 nitrogen and oxygen atoms in total. The number of hydrogen-bond acceptors (Lipinski definition) is 4. The van der Waals surface area contributed by atoms with Crippen molar-refractivity contribution < 1.29 is 4.74 Å². The number of nitrogens with zero attached hydrogens (tertiary/aromatic N) is 1. The first-order valence-corrected chi connectivity index (χ1v) is 9.13. The van der Waals surface area contributed by atoms with Crippen LogP contribution in [0.15, 0.2) is 29.1 Å². The molecular formula is C20H31N3O2. The zero-order valence-corrected chi connectivity index (χ0v) is 16.1. The van der Waals surface area contributed by atoms with E-state index in [1.54, 1.807) is 7.11 Å². The van der Waals surface area contributed by atoms with Crippen LogP contribution in [0, 0.1) is 0 Å². The second kappa shape index (κ2) is 11.3. The third-order valence-electron chi connectivity index (χ3n) is 3.74. The van der Waals surface area contributed by atoms with Gasteiger partial charge >= 0.3 is 0 Å². The zero-order chi connectivity index (χ0) is 18.7. The lowest BCUT2D eigenvalue weighted by Gasteiger charge is -2.12. The van der Waals surface area contributed by atoms with Gasteiger partial charge in [0.25, 0.3) is 5.56 Å². The van der Waals surface area contributed by atoms with Gasteiger partial charge in [-0.3, -0.25) is 4.79 Å². The summed E-state index contributed by atoms with van der Waals surface area (Å²) in [7, 11) is 1.61. The van der Waals surface area contributed by atoms with E-state index < -0.39 is 0 Å². The molecule has 0 saturated heterocycles. The Balaban J connectivity index is 0.000000705. The summed E-state index contributed by atoms with van der Waals surface area (Å²) in [5, 5.41) is 3.15. The third-order valence-corrected chi connectivity index (χ3v) is 3.74. The largest absolute Gasteiger partial charge is 0.496 e. The Kier molecular flexibility index (Phi) is 9.37. The number of hydrogen-bond donors (Lipinski definition) is 2. The molecule has 0 aliphatic rings. The topological polar surface area (TPSA) is 67.0 Å². The molecular weight excluding hydrogens is 314 g/mol. The van der Waals surface area contributed by atoms with E-state index in [4.69, 9.17) is 4.74 Å². The number of benzene rings is 1. The molecule has 0 unspecified atom stereocenters. The van der Waals surface area contributed by atoms with Crippen molar-refractivity contribution in [1.82, 2.24) is 9.97 Å². The molecule has 1 heterocycles. The van der Waals surface area contributed by atoms with Crippen LogP contribution in [-0.4, -0.2) is 23.6 Å². The van der Waals surface area contributed by atoms with Gasteiger partial charge in [-0.2, -0.15) is 0 Å². The van der Waals surface area contributed by atoms with Crippen molar-refractivity contribution in [2.75, 3.05) is 19.0 Å². The molecule has 0 atom stereocenters. The number of rotatable bonds is 7. The first kappa shape index (κ1) is 20.7. The van der Waals surface area contributed by atoms with Crippen LogP contribution in [0.25, 0.3) is 11.4 Å². The molecule has 2 N–H and O–H groups in total. The highest BCUT2D eigenvalue weighted by Gasteiger charge is 2.13. The summed E-state index contributed by atoms with van der Waals surface area (Å²) in [5.41, 5.74) is 1.98. The number of para-hydroxylation sites is 1. The molecule has 2 aromatic rings. The number of anilines is 1. The van der Waals surface area contributed by atoms with Gasteiger partial charge in [0.1, 0.15) is 17.3 Å². The number of aromatic amines is 1. The number of unbranched alkanes of at least 4 members (excludes halogenated alkanes) is 1. The number of H-pyrrole nitrogens is 1. The predicted molar refractivity (Wildman–Crippen MR) is 106 cm³/mol. The maximum atomic E-state index is 12.3. The van der Waals surface area contributed by atoms with Gasteiger partial charge in [0.15, 0.2) is 0 Å². The highest BCUT2D eigenvalue weighted by Crippen LogP contribution is 2.27. The second-order valence-corrected chi connectivity index (χ2v) is 5.72. The summed E-state index contributed by atoms with van der Waals surface area (Å²) in [4.78, 5) is 19.7. The van der Waals surface area contributed by atoms with Crippen molar-refractivity contribution in [3.63, 3.8) is 0 Å². The highest BCUT2D eigenvalue weighted by molar-refractivity contribution is 5.65. The smallest absolute Gasteiger partial charge is 0.274 e. The Labute approximate surface area is 150 Å². The quantitative estimate of drug-likeness (QED) is 0.767. The molecule has 2 rings (SSSR count). The van der Waals surface area contributed by atoms with E-state index in [9.17, 15) is 4.79 Å². The summed E-state index contributed by atoms with van der Waals surface area (Å²) < 4.78 is 5.33. The van der Waals surface area contributed by atoms with Crippen LogP contribution in [0.5, 0.6) is 5.75 Å². The minimum absolute atomic E-state index is 0.142. The highest BCUT2D eigenvalue weighted by atomic mass is 16.5. The Morgan fingerprint density at radius 1 is 1.08 bits per heavy atom. The van der Waals surface area contributed by atoms with E-state index in [2.05, 4.69) is 36.1 Å². The van der Waals surface area contributed by atoms with Crippen molar-refractivity contribution in [3.05, 3.63) is 40.3 Å². The van der Waals surface area contributed by atoms with Gasteiger partial charge in [-0.25, -0.2) is 4.98 Å². The van der Waals surface area contributed by atoms with Gasteiger partial charge < -0.3 is 15.0 Å². The van der Waals surface area contributed by atoms with Crippen molar-refractivity contribution in [3.8, 4) is 17.1 Å². The summed E-state index contributed by atoms with van der Waals surface area (Å²) >= 11 is 0. The van der Waals surface area contributed by atoms with Crippen molar-refractivity contribution in [1.29, 1.82) is 0 Å². The fourth-order valence-electron chi connectivity index (χ4n) is 2.18. The lowest BCUT2D eigenvalue weighted by Crippen LogP contribution is -2.19. The molecule has 0 radical (unpaired) electrons. The monoisotopic (exact) mass is 345 g/mol. The molecule has 138 valence electrons. The molecule has 0 aliphatic carbocycles. The Hall–Kier alpha value is -2.30. The average molecular weight is 345 g/mol. The first-order chi connectivity index (χ1) is 12.1. The fraction of sp³-hybridized carbons (Fsp3) is 0.500. The van der Waals surface area contributed by atoms with E-state index in [1.807, 2.05) is 31.2 Å². The van der Waals surface area contributed by atoms with Gasteiger partial charge in [-0.05, 0) is 25.0 Å². The lowest BCUT2D eigenvalue weighted by atomic mass is 10.1. The van der Waals surface area contributed by atoms with Gasteiger partial charge in [-0.1, -0.05) is 52.7 Å². The van der Waals surface area contributed by atoms with E-state index in [0.29, 0.717) is 23.7 Å². The van der Waals surface area contributed by atoms with Crippen LogP contribution in [0.4, 0.5) is 5.69 Å². The first-order valence-electron chi connectivity index (χ1n) is 9.13. The van der Waals surface area contributed by atoms with Crippen LogP contribution < -0.4 is 15.6 Å².